The molecule has 0 saturated carbocycles. The van der Waals surface area contributed by atoms with Gasteiger partial charge in [-0.25, -0.2) is 0 Å². The summed E-state index contributed by atoms with van der Waals surface area (Å²) in [4.78, 5) is 0. The van der Waals surface area contributed by atoms with E-state index in [9.17, 15) is 0 Å². The second kappa shape index (κ2) is 44.1. The van der Waals surface area contributed by atoms with Crippen molar-refractivity contribution in [3.8, 4) is 0 Å². The summed E-state index contributed by atoms with van der Waals surface area (Å²) in [6, 6.07) is 0. The van der Waals surface area contributed by atoms with Crippen molar-refractivity contribution >= 4 is 0 Å². The third-order valence-electron chi connectivity index (χ3n) is 3.94. The average molecular weight is 412 g/mol. The summed E-state index contributed by atoms with van der Waals surface area (Å²) in [5.74, 6) is 0. The van der Waals surface area contributed by atoms with Gasteiger partial charge in [-0.3, -0.25) is 0 Å². The minimum Gasteiger partial charge on any atom is 0 e. The van der Waals surface area contributed by atoms with Crippen LogP contribution in [0.5, 0.6) is 0 Å². The molecule has 26 heavy (non-hydrogen) atoms. The summed E-state index contributed by atoms with van der Waals surface area (Å²) in [5, 5.41) is 0. The zero-order chi connectivity index (χ0) is 21.0. The van der Waals surface area contributed by atoms with E-state index < -0.39 is 0 Å². The van der Waals surface area contributed by atoms with E-state index in [4.69, 9.17) is 24.2 Å². The summed E-state index contributed by atoms with van der Waals surface area (Å²) < 4.78 is 31.2. The van der Waals surface area contributed by atoms with Crippen LogP contribution in [-0.2, 0) is 35.8 Å². The van der Waals surface area contributed by atoms with Crippen LogP contribution in [0.1, 0.15) is 79.1 Å². The van der Waals surface area contributed by atoms with Crippen LogP contribution in [0, 0.1) is 25.4 Å². The molecule has 152 valence electrons. The fourth-order valence-corrected chi connectivity index (χ4v) is 2.64. The third-order valence-corrected chi connectivity index (χ3v) is 3.94. The molecule has 0 aromatic heterocycles. The largest absolute Gasteiger partial charge is 0 e. The van der Waals surface area contributed by atoms with E-state index >= 15 is 0 Å². The Morgan fingerprint density at radius 2 is 0.692 bits per heavy atom. The van der Waals surface area contributed by atoms with E-state index in [1.807, 2.05) is 0 Å². The molecule has 0 bridgehead atoms. The molecule has 0 N–H and O–H groups in total. The van der Waals surface area contributed by atoms with Crippen molar-refractivity contribution in [1.29, 1.82) is 5.46 Å². The van der Waals surface area contributed by atoms with Crippen molar-refractivity contribution in [2.45, 2.75) is 79.1 Å². The SMILES string of the molecule is CCCC[N+](CCCC)(CCCC)CCCC.N#[O+].[C-]#[O+].[C-]#[O+].[C-]#[O+].[Fe]. The van der Waals surface area contributed by atoms with Gasteiger partial charge in [0.1, 0.15) is 0 Å². The number of rotatable bonds is 12. The molecule has 0 fully saturated rings. The summed E-state index contributed by atoms with van der Waals surface area (Å²) in [7, 11) is 0. The predicted octanol–water partition coefficient (Wildman–Crippen LogP) is 4.78. The van der Waals surface area contributed by atoms with Crippen LogP contribution in [0.2, 0.25) is 0 Å². The number of unbranched alkanes of at least 4 members (excludes halogenated alkanes) is 4. The first-order valence-electron chi connectivity index (χ1n) is 8.89. The maximum Gasteiger partial charge on any atom is 0 e. The Balaban J connectivity index is -0.0000000972. The summed E-state index contributed by atoms with van der Waals surface area (Å²) in [6.45, 7) is 28.5. The fraction of sp³-hybridized carbons (Fsp3) is 0.842. The zero-order valence-electron chi connectivity index (χ0n) is 16.9. The van der Waals surface area contributed by atoms with Crippen LogP contribution < -0.4 is 0 Å². The molecule has 0 unspecified atom stereocenters. The zero-order valence-corrected chi connectivity index (χ0v) is 18.0. The molecule has 7 heteroatoms. The predicted molar refractivity (Wildman–Crippen MR) is 93.6 cm³/mol. The van der Waals surface area contributed by atoms with Crippen LogP contribution in [0.15, 0.2) is 0 Å². The second-order valence-corrected chi connectivity index (χ2v) is 5.65. The minimum absolute atomic E-state index is 0. The second-order valence-electron chi connectivity index (χ2n) is 5.65. The van der Waals surface area contributed by atoms with Crippen LogP contribution in [0.4, 0.5) is 0 Å². The Hall–Kier alpha value is -0.631. The van der Waals surface area contributed by atoms with Crippen LogP contribution >= 0.6 is 0 Å². The molecule has 0 amide bonds. The molecule has 6 nitrogen and oxygen atoms in total. The van der Waals surface area contributed by atoms with E-state index in [0.717, 1.165) is 0 Å². The molecule has 0 aliphatic carbocycles. The molecular weight excluding hydrogens is 376 g/mol. The Kier molecular flexibility index (Phi) is 68.1. The number of nitrogens with zero attached hydrogens (tertiary/aromatic N) is 2. The molecule has 0 aliphatic rings. The van der Waals surface area contributed by atoms with Gasteiger partial charge in [-0.15, -0.1) is 0 Å². The molecule has 0 spiro atoms. The molecule has 0 radical (unpaired) electrons. The number of hydrogen-bond acceptors (Lipinski definition) is 1. The maximum absolute atomic E-state index is 7.50. The van der Waals surface area contributed by atoms with Gasteiger partial charge in [0, 0.05) is 17.1 Å². The number of quaternary nitrogens is 1. The van der Waals surface area contributed by atoms with Crippen LogP contribution in [0.25, 0.3) is 0 Å². The quantitative estimate of drug-likeness (QED) is 0.196. The summed E-state index contributed by atoms with van der Waals surface area (Å²) in [6.07, 6.45) is 11.1. The Morgan fingerprint density at radius 3 is 0.808 bits per heavy atom. The Labute approximate surface area is 171 Å². The van der Waals surface area contributed by atoms with E-state index in [2.05, 4.69) is 47.6 Å². The van der Waals surface area contributed by atoms with E-state index in [1.165, 1.54) is 82.0 Å². The fourth-order valence-electron chi connectivity index (χ4n) is 2.64. The maximum atomic E-state index is 7.50. The average Bonchev–Trinajstić information content (AvgIpc) is 2.73. The monoisotopic (exact) mass is 412 g/mol. The van der Waals surface area contributed by atoms with Gasteiger partial charge in [0.15, 0.2) is 0 Å². The standard InChI is InChI=1S/C16H36N.3CO.Fe.NO/c1-5-9-13-17(14-10-6-2,15-11-7-3)16-12-8-4;3*1-2;;1-2/h5-16H2,1-4H3;;;;;/q+1;;;;;+1. The van der Waals surface area contributed by atoms with Gasteiger partial charge in [0.25, 0.3) is 0 Å². The van der Waals surface area contributed by atoms with E-state index in [0.29, 0.717) is 0 Å². The molecule has 0 aromatic rings. The van der Waals surface area contributed by atoms with Crippen molar-refractivity contribution in [3.63, 3.8) is 0 Å². The van der Waals surface area contributed by atoms with Gasteiger partial charge in [-0.05, 0) is 25.7 Å². The van der Waals surface area contributed by atoms with Crippen molar-refractivity contribution in [3.05, 3.63) is 20.0 Å². The Bertz CT molecular complexity index is 243. The Morgan fingerprint density at radius 1 is 0.538 bits per heavy atom. The first-order valence-corrected chi connectivity index (χ1v) is 8.89. The molecule has 0 heterocycles. The molecule has 0 aromatic carbocycles. The van der Waals surface area contributed by atoms with Gasteiger partial charge in [-0.1, -0.05) is 53.4 Å². The van der Waals surface area contributed by atoms with E-state index in [-0.39, 0.29) is 17.1 Å². The first-order chi connectivity index (χ1) is 12.2. The molecule has 0 rings (SSSR count). The molecule has 0 aliphatic heterocycles. The van der Waals surface area contributed by atoms with Gasteiger partial charge < -0.3 is 4.48 Å². The molecular formula is C19H36FeN2O4+2. The van der Waals surface area contributed by atoms with Crippen molar-refractivity contribution in [2.75, 3.05) is 26.2 Å². The summed E-state index contributed by atoms with van der Waals surface area (Å²) >= 11 is 0. The van der Waals surface area contributed by atoms with Gasteiger partial charge in [-0.2, -0.15) is 0 Å². The smallest absolute Gasteiger partial charge is 0 e. The van der Waals surface area contributed by atoms with E-state index in [1.54, 1.807) is 0 Å². The van der Waals surface area contributed by atoms with Crippen molar-refractivity contribution in [2.24, 2.45) is 0 Å². The van der Waals surface area contributed by atoms with Crippen LogP contribution in [-0.4, -0.2) is 30.7 Å². The third kappa shape index (κ3) is 31.2. The molecule has 0 saturated heterocycles. The normalized spacial score (nSPS) is 8.15. The van der Waals surface area contributed by atoms with Gasteiger partial charge >= 0.3 is 44.1 Å². The summed E-state index contributed by atoms with van der Waals surface area (Å²) in [5.41, 5.74) is 5.75. The van der Waals surface area contributed by atoms with Crippen molar-refractivity contribution in [1.82, 2.24) is 0 Å². The topological polar surface area (TPSA) is 103 Å². The van der Waals surface area contributed by atoms with Gasteiger partial charge in [0.05, 0.1) is 26.2 Å². The first kappa shape index (κ1) is 40.2. The number of hydrogen-bond donors (Lipinski definition) is 0. The van der Waals surface area contributed by atoms with Gasteiger partial charge in [0.2, 0.25) is 0 Å². The van der Waals surface area contributed by atoms with Crippen molar-refractivity contribution < 1.29 is 40.3 Å². The minimum atomic E-state index is 0. The molecule has 0 atom stereocenters. The van der Waals surface area contributed by atoms with Crippen LogP contribution in [0.3, 0.4) is 0 Å².